The lowest BCUT2D eigenvalue weighted by atomic mass is 10.2. The van der Waals surface area contributed by atoms with Gasteiger partial charge in [0.15, 0.2) is 6.29 Å². The molecule has 1 amide bonds. The molecule has 0 aliphatic heterocycles. The molecule has 9 nitrogen and oxygen atoms in total. The van der Waals surface area contributed by atoms with Crippen molar-refractivity contribution in [3.05, 3.63) is 77.1 Å². The number of nitrogens with two attached hydrogens (primary N) is 1. The van der Waals surface area contributed by atoms with Crippen LogP contribution in [0.4, 0.5) is 11.6 Å². The van der Waals surface area contributed by atoms with E-state index in [-0.39, 0.29) is 11.9 Å². The van der Waals surface area contributed by atoms with Crippen LogP contribution >= 0.6 is 11.3 Å². The van der Waals surface area contributed by atoms with E-state index in [0.717, 1.165) is 15.4 Å². The molecule has 4 aromatic rings. The zero-order chi connectivity index (χ0) is 24.1. The van der Waals surface area contributed by atoms with Crippen molar-refractivity contribution >= 4 is 46.0 Å². The van der Waals surface area contributed by atoms with Crippen LogP contribution < -0.4 is 16.4 Å². The van der Waals surface area contributed by atoms with E-state index in [9.17, 15) is 13.8 Å². The largest absolute Gasteiger partial charge is 0.387 e. The van der Waals surface area contributed by atoms with Crippen LogP contribution in [0.2, 0.25) is 0 Å². The van der Waals surface area contributed by atoms with Gasteiger partial charge in [0, 0.05) is 47.2 Å². The van der Waals surface area contributed by atoms with Gasteiger partial charge in [-0.3, -0.25) is 9.59 Å². The fourth-order valence-electron chi connectivity index (χ4n) is 3.13. The van der Waals surface area contributed by atoms with Crippen molar-refractivity contribution in [2.75, 3.05) is 18.1 Å². The number of rotatable bonds is 8. The smallest absolute Gasteiger partial charge is 0.251 e. The predicted molar refractivity (Wildman–Crippen MR) is 131 cm³/mol. The quantitative estimate of drug-likeness (QED) is 0.319. The second-order valence-corrected chi connectivity index (χ2v) is 9.56. The summed E-state index contributed by atoms with van der Waals surface area (Å²) in [4.78, 5) is 38.1. The van der Waals surface area contributed by atoms with E-state index in [0.29, 0.717) is 39.4 Å². The second-order valence-electron chi connectivity index (χ2n) is 7.03. The SMILES string of the molecule is CNc1cc(C(=O)NCc2cnc(-c3cnc(N)nc3)s2)ccc1S(=O)c1ccccc1C=O. The van der Waals surface area contributed by atoms with Crippen LogP contribution in [0, 0.1) is 0 Å². The maximum absolute atomic E-state index is 13.1. The summed E-state index contributed by atoms with van der Waals surface area (Å²) in [6.07, 6.45) is 5.56. The number of benzene rings is 2. The summed E-state index contributed by atoms with van der Waals surface area (Å²) in [5, 5.41) is 6.58. The molecule has 172 valence electrons. The highest BCUT2D eigenvalue weighted by Crippen LogP contribution is 2.27. The van der Waals surface area contributed by atoms with Gasteiger partial charge in [-0.1, -0.05) is 18.2 Å². The number of carbonyl (C=O) groups excluding carboxylic acids is 2. The molecule has 4 rings (SSSR count). The summed E-state index contributed by atoms with van der Waals surface area (Å²) in [7, 11) is 0.0919. The lowest BCUT2D eigenvalue weighted by molar-refractivity contribution is 0.0951. The molecule has 0 spiro atoms. The monoisotopic (exact) mass is 492 g/mol. The fraction of sp³-hybridized carbons (Fsp3) is 0.0870. The van der Waals surface area contributed by atoms with Crippen molar-refractivity contribution in [3.63, 3.8) is 0 Å². The highest BCUT2D eigenvalue weighted by Gasteiger charge is 2.17. The first kappa shape index (κ1) is 23.2. The number of nitrogens with zero attached hydrogens (tertiary/aromatic N) is 3. The van der Waals surface area contributed by atoms with Crippen molar-refractivity contribution < 1.29 is 13.8 Å². The van der Waals surface area contributed by atoms with Crippen LogP contribution in [0.5, 0.6) is 0 Å². The van der Waals surface area contributed by atoms with E-state index in [1.165, 1.54) is 11.3 Å². The predicted octanol–water partition coefficient (Wildman–Crippen LogP) is 3.13. The molecule has 2 aromatic carbocycles. The van der Waals surface area contributed by atoms with E-state index in [1.807, 2.05) is 0 Å². The summed E-state index contributed by atoms with van der Waals surface area (Å²) in [6.45, 7) is 0.293. The Hall–Kier alpha value is -3.96. The summed E-state index contributed by atoms with van der Waals surface area (Å²) in [6, 6.07) is 11.6. The van der Waals surface area contributed by atoms with Gasteiger partial charge in [0.1, 0.15) is 5.01 Å². The van der Waals surface area contributed by atoms with E-state index in [4.69, 9.17) is 5.73 Å². The van der Waals surface area contributed by atoms with Crippen molar-refractivity contribution in [3.8, 4) is 10.6 Å². The highest BCUT2D eigenvalue weighted by molar-refractivity contribution is 7.85. The van der Waals surface area contributed by atoms with Crippen molar-refractivity contribution in [1.82, 2.24) is 20.3 Å². The Morgan fingerprint density at radius 3 is 2.59 bits per heavy atom. The number of hydrogen-bond acceptors (Lipinski definition) is 9. The number of anilines is 2. The van der Waals surface area contributed by atoms with Crippen LogP contribution in [0.25, 0.3) is 10.6 Å². The molecule has 4 N–H and O–H groups in total. The first-order valence-corrected chi connectivity index (χ1v) is 12.1. The van der Waals surface area contributed by atoms with Crippen LogP contribution in [0.15, 0.2) is 70.8 Å². The molecule has 2 aromatic heterocycles. The van der Waals surface area contributed by atoms with Gasteiger partial charge in [0.05, 0.1) is 32.8 Å². The average molecular weight is 493 g/mol. The number of carbonyl (C=O) groups is 2. The number of aromatic nitrogens is 3. The summed E-state index contributed by atoms with van der Waals surface area (Å²) < 4.78 is 13.1. The molecule has 11 heteroatoms. The van der Waals surface area contributed by atoms with E-state index in [2.05, 4.69) is 25.6 Å². The normalized spacial score (nSPS) is 11.6. The minimum Gasteiger partial charge on any atom is -0.387 e. The molecule has 0 saturated heterocycles. The molecule has 0 saturated carbocycles. The van der Waals surface area contributed by atoms with Crippen molar-refractivity contribution in [1.29, 1.82) is 0 Å². The third kappa shape index (κ3) is 5.00. The Bertz CT molecular complexity index is 1370. The van der Waals surface area contributed by atoms with Crippen LogP contribution in [-0.2, 0) is 17.3 Å². The van der Waals surface area contributed by atoms with Gasteiger partial charge in [-0.05, 0) is 24.3 Å². The van der Waals surface area contributed by atoms with Crippen LogP contribution in [0.3, 0.4) is 0 Å². The maximum Gasteiger partial charge on any atom is 0.251 e. The Morgan fingerprint density at radius 2 is 1.85 bits per heavy atom. The van der Waals surface area contributed by atoms with Gasteiger partial charge in [-0.15, -0.1) is 11.3 Å². The molecule has 0 fully saturated rings. The zero-order valence-electron chi connectivity index (χ0n) is 18.0. The van der Waals surface area contributed by atoms with E-state index >= 15 is 0 Å². The molecule has 1 atom stereocenters. The Morgan fingerprint density at radius 1 is 1.09 bits per heavy atom. The molecule has 1 unspecified atom stereocenters. The van der Waals surface area contributed by atoms with Crippen molar-refractivity contribution in [2.24, 2.45) is 0 Å². The summed E-state index contributed by atoms with van der Waals surface area (Å²) in [5.41, 5.74) is 7.56. The van der Waals surface area contributed by atoms with Crippen molar-refractivity contribution in [2.45, 2.75) is 16.3 Å². The first-order chi connectivity index (χ1) is 16.5. The molecule has 0 aliphatic carbocycles. The summed E-state index contributed by atoms with van der Waals surface area (Å²) in [5.74, 6) is -0.0931. The van der Waals surface area contributed by atoms with Gasteiger partial charge in [0.25, 0.3) is 5.91 Å². The van der Waals surface area contributed by atoms with Gasteiger partial charge >= 0.3 is 0 Å². The van der Waals surface area contributed by atoms with Crippen LogP contribution in [0.1, 0.15) is 25.6 Å². The number of amides is 1. The van der Waals surface area contributed by atoms with E-state index < -0.39 is 10.8 Å². The molecule has 0 radical (unpaired) electrons. The second kappa shape index (κ2) is 10.3. The number of hydrogen-bond donors (Lipinski definition) is 3. The van der Waals surface area contributed by atoms with E-state index in [1.54, 1.807) is 68.1 Å². The average Bonchev–Trinajstić information content (AvgIpc) is 3.36. The number of aldehydes is 1. The molecule has 0 aliphatic rings. The zero-order valence-corrected chi connectivity index (χ0v) is 19.7. The van der Waals surface area contributed by atoms with Gasteiger partial charge in [0.2, 0.25) is 5.95 Å². The highest BCUT2D eigenvalue weighted by atomic mass is 32.2. The van der Waals surface area contributed by atoms with Gasteiger partial charge in [-0.2, -0.15) is 0 Å². The van der Waals surface area contributed by atoms with Gasteiger partial charge in [-0.25, -0.2) is 19.2 Å². The standard InChI is InChI=1S/C23H20N6O3S2/c1-25-18-8-14(6-7-20(18)34(32)19-5-3-2-4-15(19)13-30)21(31)26-11-17-12-27-22(33-17)16-9-28-23(24)29-10-16/h2-10,12-13,25H,11H2,1H3,(H,26,31)(H2,24,28,29). The van der Waals surface area contributed by atoms with Crippen LogP contribution in [-0.4, -0.2) is 38.4 Å². The Balaban J connectivity index is 1.47. The molecule has 0 bridgehead atoms. The third-order valence-corrected chi connectivity index (χ3v) is 7.43. The topological polar surface area (TPSA) is 140 Å². The Labute approximate surface area is 201 Å². The summed E-state index contributed by atoms with van der Waals surface area (Å²) >= 11 is 1.42. The Kier molecular flexibility index (Phi) is 7.04. The minimum atomic E-state index is -1.59. The van der Waals surface area contributed by atoms with Gasteiger partial charge < -0.3 is 16.4 Å². The lowest BCUT2D eigenvalue weighted by Crippen LogP contribution is -2.22. The number of nitrogens with one attached hydrogen (secondary N) is 2. The minimum absolute atomic E-state index is 0.191. The first-order valence-electron chi connectivity index (χ1n) is 10.1. The number of nitrogen functional groups attached to an aromatic ring is 1. The third-order valence-electron chi connectivity index (χ3n) is 4.85. The lowest BCUT2D eigenvalue weighted by Gasteiger charge is -2.12. The molecule has 34 heavy (non-hydrogen) atoms. The molecule has 2 heterocycles. The molecular weight excluding hydrogens is 472 g/mol. The number of thiazole rings is 1. The fourth-order valence-corrected chi connectivity index (χ4v) is 5.28. The maximum atomic E-state index is 13.1. The molecular formula is C23H20N6O3S2.